The van der Waals surface area contributed by atoms with Crippen molar-refractivity contribution < 1.29 is 13.2 Å². The molecule has 2 aliphatic rings. The van der Waals surface area contributed by atoms with Crippen LogP contribution in [-0.2, 0) is 22.9 Å². The zero-order valence-electron chi connectivity index (χ0n) is 21.6. The van der Waals surface area contributed by atoms with Crippen molar-refractivity contribution in [2.24, 2.45) is 11.8 Å². The van der Waals surface area contributed by atoms with Crippen LogP contribution >= 0.6 is 22.7 Å². The number of para-hydroxylation sites is 1. The van der Waals surface area contributed by atoms with Gasteiger partial charge < -0.3 is 5.32 Å². The number of aromatic nitrogens is 1. The monoisotopic (exact) mass is 565 g/mol. The molecule has 0 unspecified atom stereocenters. The van der Waals surface area contributed by atoms with Crippen LogP contribution in [-0.4, -0.2) is 36.7 Å². The number of aryl methyl sites for hydroxylation is 1. The largest absolute Gasteiger partial charge is 0.313 e. The van der Waals surface area contributed by atoms with Crippen LogP contribution < -0.4 is 5.32 Å². The van der Waals surface area contributed by atoms with Gasteiger partial charge in [0.1, 0.15) is 10.0 Å². The molecule has 1 aliphatic carbocycles. The Hall–Kier alpha value is -2.59. The number of benzene rings is 2. The maximum absolute atomic E-state index is 13.3. The van der Waals surface area contributed by atoms with Gasteiger partial charge in [-0.2, -0.15) is 4.31 Å². The molecule has 3 heterocycles. The first kappa shape index (κ1) is 25.7. The number of carbonyl (C=O) groups is 1. The molecule has 2 aromatic carbocycles. The molecule has 38 heavy (non-hydrogen) atoms. The molecule has 0 spiro atoms. The summed E-state index contributed by atoms with van der Waals surface area (Å²) in [5.74, 6) is 0.426. The van der Waals surface area contributed by atoms with Crippen molar-refractivity contribution in [1.29, 1.82) is 0 Å². The smallest absolute Gasteiger partial charge is 0.256 e. The van der Waals surface area contributed by atoms with Crippen molar-refractivity contribution in [2.75, 3.05) is 18.4 Å². The molecular formula is C29H31N3O3S3. The molecule has 9 heteroatoms. The topological polar surface area (TPSA) is 79.4 Å². The van der Waals surface area contributed by atoms with Gasteiger partial charge in [-0.05, 0) is 85.9 Å². The lowest BCUT2D eigenvalue weighted by Crippen LogP contribution is -2.42. The van der Waals surface area contributed by atoms with Crippen LogP contribution in [0.25, 0.3) is 20.8 Å². The van der Waals surface area contributed by atoms with E-state index in [1.807, 2.05) is 18.2 Å². The summed E-state index contributed by atoms with van der Waals surface area (Å²) in [6.45, 7) is 5.26. The predicted molar refractivity (Wildman–Crippen MR) is 156 cm³/mol. The molecule has 2 aromatic heterocycles. The van der Waals surface area contributed by atoms with Gasteiger partial charge in [0.2, 0.25) is 10.0 Å². The van der Waals surface area contributed by atoms with E-state index in [9.17, 15) is 13.2 Å². The first-order chi connectivity index (χ1) is 18.3. The van der Waals surface area contributed by atoms with E-state index < -0.39 is 10.0 Å². The van der Waals surface area contributed by atoms with E-state index in [4.69, 9.17) is 4.98 Å². The highest BCUT2D eigenvalue weighted by Crippen LogP contribution is 2.46. The molecule has 0 radical (unpaired) electrons. The summed E-state index contributed by atoms with van der Waals surface area (Å²) in [6.07, 6.45) is 5.35. The van der Waals surface area contributed by atoms with Crippen LogP contribution in [0.3, 0.4) is 0 Å². The van der Waals surface area contributed by atoms with Crippen LogP contribution in [0.2, 0.25) is 0 Å². The lowest BCUT2D eigenvalue weighted by Gasteiger charge is -2.34. The van der Waals surface area contributed by atoms with Crippen molar-refractivity contribution in [3.63, 3.8) is 0 Å². The summed E-state index contributed by atoms with van der Waals surface area (Å²) in [6, 6.07) is 14.5. The van der Waals surface area contributed by atoms with E-state index in [-0.39, 0.29) is 10.8 Å². The fraction of sp³-hybridized carbons (Fsp3) is 0.379. The molecule has 1 N–H and O–H groups in total. The first-order valence-corrected chi connectivity index (χ1v) is 16.3. The fourth-order valence-electron chi connectivity index (χ4n) is 5.76. The lowest BCUT2D eigenvalue weighted by atomic mass is 9.94. The minimum Gasteiger partial charge on any atom is -0.313 e. The Bertz CT molecular complexity index is 1560. The maximum atomic E-state index is 13.3. The average Bonchev–Trinajstić information content (AvgIpc) is 3.48. The molecule has 1 saturated heterocycles. The Balaban J connectivity index is 1.27. The molecule has 6 rings (SSSR count). The van der Waals surface area contributed by atoms with E-state index in [2.05, 4.69) is 25.2 Å². The van der Waals surface area contributed by atoms with Gasteiger partial charge in [-0.1, -0.05) is 26.0 Å². The van der Waals surface area contributed by atoms with E-state index in [1.54, 1.807) is 51.2 Å². The third-order valence-electron chi connectivity index (χ3n) is 7.50. The molecule has 4 aromatic rings. The van der Waals surface area contributed by atoms with Crippen LogP contribution in [0.5, 0.6) is 0 Å². The standard InChI is InChI=1S/C29H31N3O3S3/c1-18-15-19(2)17-32(16-18)38(34,35)21-13-11-20(12-14-21)27(33)31-29-26(22-7-3-5-9-24(22)36-29)28-30-23-8-4-6-10-25(23)37-28/h4,6,8,10-14,18-19H,3,5,7,9,15-17H2,1-2H3,(H,31,33)/t18-,19-/m1/s1. The van der Waals surface area contributed by atoms with Gasteiger partial charge in [-0.25, -0.2) is 13.4 Å². The number of fused-ring (bicyclic) bond motifs is 2. The Labute approximate surface area is 231 Å². The molecule has 0 saturated carbocycles. The van der Waals surface area contributed by atoms with Crippen molar-refractivity contribution in [1.82, 2.24) is 9.29 Å². The molecule has 6 nitrogen and oxygen atoms in total. The van der Waals surface area contributed by atoms with E-state index in [0.29, 0.717) is 30.5 Å². The number of piperidine rings is 1. The number of rotatable bonds is 5. The summed E-state index contributed by atoms with van der Waals surface area (Å²) in [4.78, 5) is 19.8. The van der Waals surface area contributed by atoms with Crippen molar-refractivity contribution in [3.05, 3.63) is 64.5 Å². The Morgan fingerprint density at radius 3 is 2.42 bits per heavy atom. The number of anilines is 1. The number of amides is 1. The van der Waals surface area contributed by atoms with Gasteiger partial charge >= 0.3 is 0 Å². The quantitative estimate of drug-likeness (QED) is 0.288. The molecule has 1 aliphatic heterocycles. The highest BCUT2D eigenvalue weighted by Gasteiger charge is 2.32. The van der Waals surface area contributed by atoms with Gasteiger partial charge in [0.25, 0.3) is 5.91 Å². The minimum absolute atomic E-state index is 0.233. The zero-order valence-corrected chi connectivity index (χ0v) is 24.0. The molecular weight excluding hydrogens is 535 g/mol. The van der Waals surface area contributed by atoms with E-state index >= 15 is 0 Å². The van der Waals surface area contributed by atoms with Gasteiger partial charge in [0.05, 0.1) is 15.1 Å². The summed E-state index contributed by atoms with van der Waals surface area (Å²) >= 11 is 3.30. The van der Waals surface area contributed by atoms with Crippen LogP contribution in [0.1, 0.15) is 53.9 Å². The SMILES string of the molecule is C[C@@H]1C[C@@H](C)CN(S(=O)(=O)c2ccc(C(=O)Nc3sc4c(c3-c3nc5ccccc5s3)CCCC4)cc2)C1. The third-order valence-corrected chi connectivity index (χ3v) is 11.6. The molecule has 1 amide bonds. The second-order valence-electron chi connectivity index (χ2n) is 10.6. The van der Waals surface area contributed by atoms with Gasteiger partial charge in [-0.15, -0.1) is 22.7 Å². The number of thiazole rings is 1. The summed E-state index contributed by atoms with van der Waals surface area (Å²) in [5, 5.41) is 4.91. The van der Waals surface area contributed by atoms with Gasteiger partial charge in [0.15, 0.2) is 0 Å². The Kier molecular flexibility index (Phi) is 6.88. The summed E-state index contributed by atoms with van der Waals surface area (Å²) in [5.41, 5.74) is 3.76. The number of nitrogens with one attached hydrogen (secondary N) is 1. The fourth-order valence-corrected chi connectivity index (χ4v) is 9.84. The van der Waals surface area contributed by atoms with Crippen molar-refractivity contribution >= 4 is 53.8 Å². The maximum Gasteiger partial charge on any atom is 0.256 e. The third kappa shape index (κ3) is 4.81. The predicted octanol–water partition coefficient (Wildman–Crippen LogP) is 6.82. The number of hydrogen-bond acceptors (Lipinski definition) is 6. The van der Waals surface area contributed by atoms with E-state index in [1.165, 1.54) is 10.4 Å². The Morgan fingerprint density at radius 1 is 0.974 bits per heavy atom. The number of thiophene rings is 1. The second-order valence-corrected chi connectivity index (χ2v) is 14.7. The highest BCUT2D eigenvalue weighted by atomic mass is 32.2. The van der Waals surface area contributed by atoms with Crippen LogP contribution in [0.4, 0.5) is 5.00 Å². The number of sulfonamides is 1. The van der Waals surface area contributed by atoms with Crippen LogP contribution in [0, 0.1) is 11.8 Å². The molecule has 0 bridgehead atoms. The van der Waals surface area contributed by atoms with Crippen molar-refractivity contribution in [3.8, 4) is 10.6 Å². The average molecular weight is 566 g/mol. The highest BCUT2D eigenvalue weighted by molar-refractivity contribution is 7.89. The summed E-state index contributed by atoms with van der Waals surface area (Å²) < 4.78 is 29.2. The first-order valence-electron chi connectivity index (χ1n) is 13.2. The van der Waals surface area contributed by atoms with Gasteiger partial charge in [0, 0.05) is 29.1 Å². The lowest BCUT2D eigenvalue weighted by molar-refractivity contribution is 0.102. The normalized spacial score (nSPS) is 20.4. The molecule has 1 fully saturated rings. The molecule has 198 valence electrons. The van der Waals surface area contributed by atoms with E-state index in [0.717, 1.165) is 57.9 Å². The second kappa shape index (κ2) is 10.2. The summed E-state index contributed by atoms with van der Waals surface area (Å²) in [7, 11) is -3.59. The minimum atomic E-state index is -3.59. The number of nitrogens with zero attached hydrogens (tertiary/aromatic N) is 2. The van der Waals surface area contributed by atoms with Crippen LogP contribution in [0.15, 0.2) is 53.4 Å². The van der Waals surface area contributed by atoms with Gasteiger partial charge in [-0.3, -0.25) is 4.79 Å². The zero-order chi connectivity index (χ0) is 26.4. The number of hydrogen-bond donors (Lipinski definition) is 1. The molecule has 2 atom stereocenters. The van der Waals surface area contributed by atoms with Crippen molar-refractivity contribution in [2.45, 2.75) is 50.8 Å². The Morgan fingerprint density at radius 2 is 1.68 bits per heavy atom. The number of carbonyl (C=O) groups excluding carboxylic acids is 1.